The summed E-state index contributed by atoms with van der Waals surface area (Å²) in [7, 11) is 1.75. The van der Waals surface area contributed by atoms with Crippen molar-refractivity contribution in [1.29, 1.82) is 0 Å². The summed E-state index contributed by atoms with van der Waals surface area (Å²) >= 11 is 5.67. The van der Waals surface area contributed by atoms with Gasteiger partial charge in [0.25, 0.3) is 0 Å². The second-order valence-corrected chi connectivity index (χ2v) is 3.97. The molecule has 0 bridgehead atoms. The van der Waals surface area contributed by atoms with Crippen LogP contribution in [0.2, 0.25) is 0 Å². The number of nitrogens with zero attached hydrogens (tertiary/aromatic N) is 1. The van der Waals surface area contributed by atoms with Crippen molar-refractivity contribution < 1.29 is 4.79 Å². The molecule has 0 spiro atoms. The van der Waals surface area contributed by atoms with E-state index in [9.17, 15) is 4.79 Å². The minimum absolute atomic E-state index is 0.00120. The lowest BCUT2D eigenvalue weighted by atomic mass is 10.3. The van der Waals surface area contributed by atoms with Crippen LogP contribution >= 0.6 is 24.4 Å². The average molecular weight is 173 g/mol. The Labute approximate surface area is 70.9 Å². The zero-order valence-electron chi connectivity index (χ0n) is 5.87. The summed E-state index contributed by atoms with van der Waals surface area (Å²) in [6, 6.07) is 0. The van der Waals surface area contributed by atoms with Gasteiger partial charge in [-0.05, 0) is 6.92 Å². The van der Waals surface area contributed by atoms with Crippen LogP contribution < -0.4 is 0 Å². The van der Waals surface area contributed by atoms with Crippen LogP contribution in [0.15, 0.2) is 11.0 Å². The Morgan fingerprint density at radius 3 is 2.70 bits per heavy atom. The third kappa shape index (κ3) is 1.20. The van der Waals surface area contributed by atoms with Crippen LogP contribution in [0.5, 0.6) is 0 Å². The number of hydrogen-bond donors (Lipinski definition) is 1. The fourth-order valence-electron chi connectivity index (χ4n) is 0.709. The normalized spacial score (nSPS) is 30.2. The van der Waals surface area contributed by atoms with Crippen LogP contribution in [0.1, 0.15) is 6.92 Å². The van der Waals surface area contributed by atoms with Gasteiger partial charge in [-0.25, -0.2) is 0 Å². The number of hydrogen-bond acceptors (Lipinski definition) is 3. The summed E-state index contributed by atoms with van der Waals surface area (Å²) in [6.45, 7) is 1.86. The van der Waals surface area contributed by atoms with E-state index in [2.05, 4.69) is 12.6 Å². The lowest BCUT2D eigenvalue weighted by Crippen LogP contribution is -2.25. The number of carbonyl (C=O) groups is 1. The second-order valence-electron chi connectivity index (χ2n) is 2.01. The highest BCUT2D eigenvalue weighted by Crippen LogP contribution is 2.34. The van der Waals surface area contributed by atoms with E-state index in [1.165, 1.54) is 11.8 Å². The number of rotatable bonds is 0. The SMILES string of the molecule is BN1C(=O)/C(=C\C)SC1S. The Kier molecular flexibility index (Phi) is 2.36. The van der Waals surface area contributed by atoms with Gasteiger partial charge in [-0.15, -0.1) is 12.6 Å². The van der Waals surface area contributed by atoms with Crippen LogP contribution in [0.4, 0.5) is 0 Å². The van der Waals surface area contributed by atoms with Crippen molar-refractivity contribution in [2.45, 2.75) is 11.6 Å². The molecule has 1 aliphatic heterocycles. The Balaban J connectivity index is 2.81. The number of thiol groups is 1. The molecule has 0 saturated carbocycles. The first-order chi connectivity index (χ1) is 4.66. The summed E-state index contributed by atoms with van der Waals surface area (Å²) in [5.41, 5.74) is 0. The Bertz CT molecular complexity index is 194. The van der Waals surface area contributed by atoms with Gasteiger partial charge in [-0.2, -0.15) is 0 Å². The quantitative estimate of drug-likeness (QED) is 0.321. The predicted molar refractivity (Wildman–Crippen MR) is 49.5 cm³/mol. The van der Waals surface area contributed by atoms with E-state index in [-0.39, 0.29) is 10.6 Å². The van der Waals surface area contributed by atoms with Crippen molar-refractivity contribution in [3.8, 4) is 0 Å². The first-order valence-corrected chi connectivity index (χ1v) is 4.34. The maximum absolute atomic E-state index is 11.1. The molecular weight excluding hydrogens is 165 g/mol. The van der Waals surface area contributed by atoms with Crippen molar-refractivity contribution in [3.05, 3.63) is 11.0 Å². The van der Waals surface area contributed by atoms with Crippen LogP contribution in [0.25, 0.3) is 0 Å². The third-order valence-corrected chi connectivity index (χ3v) is 3.21. The van der Waals surface area contributed by atoms with Crippen molar-refractivity contribution in [3.63, 3.8) is 0 Å². The third-order valence-electron chi connectivity index (χ3n) is 1.36. The fraction of sp³-hybridized carbons (Fsp3) is 0.400. The van der Waals surface area contributed by atoms with E-state index in [4.69, 9.17) is 0 Å². The molecule has 0 aliphatic carbocycles. The first-order valence-electron chi connectivity index (χ1n) is 2.95. The van der Waals surface area contributed by atoms with E-state index in [0.717, 1.165) is 4.91 Å². The average Bonchev–Trinajstić information content (AvgIpc) is 2.17. The van der Waals surface area contributed by atoms with Crippen LogP contribution in [-0.2, 0) is 4.79 Å². The molecule has 0 N–H and O–H groups in total. The van der Waals surface area contributed by atoms with Crippen LogP contribution in [-0.4, -0.2) is 23.4 Å². The van der Waals surface area contributed by atoms with Gasteiger partial charge in [0, 0.05) is 0 Å². The van der Waals surface area contributed by atoms with Crippen molar-refractivity contribution in [1.82, 2.24) is 4.81 Å². The van der Waals surface area contributed by atoms with Gasteiger partial charge in [0.05, 0.1) is 4.91 Å². The molecule has 0 radical (unpaired) electrons. The number of carbonyl (C=O) groups excluding carboxylic acids is 1. The molecule has 1 atom stereocenters. The maximum atomic E-state index is 11.1. The highest BCUT2D eigenvalue weighted by Gasteiger charge is 2.29. The molecule has 0 aromatic rings. The Morgan fingerprint density at radius 2 is 2.50 bits per heavy atom. The largest absolute Gasteiger partial charge is 0.370 e. The number of allylic oxidation sites excluding steroid dienone is 1. The second kappa shape index (κ2) is 2.92. The van der Waals surface area contributed by atoms with Crippen LogP contribution in [0.3, 0.4) is 0 Å². The van der Waals surface area contributed by atoms with Gasteiger partial charge >= 0.3 is 0 Å². The zero-order valence-corrected chi connectivity index (χ0v) is 7.58. The maximum Gasteiger partial charge on any atom is 0.248 e. The molecule has 10 heavy (non-hydrogen) atoms. The first kappa shape index (κ1) is 8.08. The van der Waals surface area contributed by atoms with Crippen molar-refractivity contribution in [2.24, 2.45) is 0 Å². The molecule has 0 aromatic heterocycles. The fourth-order valence-corrected chi connectivity index (χ4v) is 2.02. The lowest BCUT2D eigenvalue weighted by molar-refractivity contribution is -0.121. The molecule has 0 aromatic carbocycles. The predicted octanol–water partition coefficient (Wildman–Crippen LogP) is 0.227. The molecule has 1 rings (SSSR count). The molecule has 1 amide bonds. The highest BCUT2D eigenvalue weighted by molar-refractivity contribution is 8.14. The minimum atomic E-state index is -0.00120. The Morgan fingerprint density at radius 1 is 1.90 bits per heavy atom. The topological polar surface area (TPSA) is 20.3 Å². The van der Waals surface area contributed by atoms with E-state index < -0.39 is 0 Å². The number of thioether (sulfide) groups is 1. The van der Waals surface area contributed by atoms with Gasteiger partial charge in [0.15, 0.2) is 0 Å². The van der Waals surface area contributed by atoms with Gasteiger partial charge < -0.3 is 4.81 Å². The van der Waals surface area contributed by atoms with Crippen LogP contribution in [0, 0.1) is 0 Å². The van der Waals surface area contributed by atoms with E-state index in [0.29, 0.717) is 0 Å². The van der Waals surface area contributed by atoms with Gasteiger partial charge in [0.1, 0.15) is 4.71 Å². The highest BCUT2D eigenvalue weighted by atomic mass is 32.2. The molecule has 1 saturated heterocycles. The summed E-state index contributed by atoms with van der Waals surface area (Å²) in [6.07, 6.45) is 1.82. The zero-order chi connectivity index (χ0) is 7.72. The standard InChI is InChI=1S/C5H8BNOS2/c1-2-3-4(8)7(6)5(9)10-3/h2,5,9H,6H2,1H3/b3-2+. The van der Waals surface area contributed by atoms with Gasteiger partial charge in [-0.1, -0.05) is 17.8 Å². The molecule has 1 fully saturated rings. The van der Waals surface area contributed by atoms with E-state index in [1.807, 2.05) is 13.0 Å². The lowest BCUT2D eigenvalue weighted by Gasteiger charge is -2.11. The number of amides is 1. The molecule has 54 valence electrons. The molecule has 1 unspecified atom stereocenters. The van der Waals surface area contributed by atoms with E-state index >= 15 is 0 Å². The summed E-state index contributed by atoms with van der Waals surface area (Å²) < 4.78 is -0.00120. The minimum Gasteiger partial charge on any atom is -0.370 e. The van der Waals surface area contributed by atoms with E-state index in [1.54, 1.807) is 12.8 Å². The van der Waals surface area contributed by atoms with Crippen molar-refractivity contribution >= 4 is 38.3 Å². The molecular formula is C5H8BNOS2. The summed E-state index contributed by atoms with van der Waals surface area (Å²) in [5, 5.41) is 0. The Hall–Kier alpha value is -0.0251. The van der Waals surface area contributed by atoms with Crippen molar-refractivity contribution in [2.75, 3.05) is 0 Å². The summed E-state index contributed by atoms with van der Waals surface area (Å²) in [5.74, 6) is 0.0764. The molecule has 1 aliphatic rings. The smallest absolute Gasteiger partial charge is 0.248 e. The molecule has 5 heteroatoms. The van der Waals surface area contributed by atoms with Gasteiger partial charge in [-0.3, -0.25) is 4.79 Å². The molecule has 2 nitrogen and oxygen atoms in total. The monoisotopic (exact) mass is 173 g/mol. The summed E-state index contributed by atoms with van der Waals surface area (Å²) in [4.78, 5) is 13.5. The molecule has 1 heterocycles. The van der Waals surface area contributed by atoms with Gasteiger partial charge in [0.2, 0.25) is 13.9 Å².